The van der Waals surface area contributed by atoms with Crippen LogP contribution >= 0.6 is 11.8 Å². The van der Waals surface area contributed by atoms with Crippen molar-refractivity contribution in [3.05, 3.63) is 12.7 Å². The first kappa shape index (κ1) is 9.56. The molecule has 0 aliphatic heterocycles. The van der Waals surface area contributed by atoms with Crippen molar-refractivity contribution in [2.75, 3.05) is 5.75 Å². The van der Waals surface area contributed by atoms with E-state index >= 15 is 0 Å². The molecule has 0 fully saturated rings. The molecule has 0 rings (SSSR count). The first-order valence-electron chi connectivity index (χ1n) is 3.29. The Morgan fingerprint density at radius 3 is 2.90 bits per heavy atom. The van der Waals surface area contributed by atoms with Crippen molar-refractivity contribution in [2.45, 2.75) is 19.8 Å². The molecule has 0 saturated heterocycles. The predicted octanol–water partition coefficient (Wildman–Crippen LogP) is 2.49. The zero-order chi connectivity index (χ0) is 7.82. The van der Waals surface area contributed by atoms with Crippen molar-refractivity contribution in [1.29, 1.82) is 0 Å². The minimum absolute atomic E-state index is 0.793. The lowest BCUT2D eigenvalue weighted by Gasteiger charge is -1.96. The fourth-order valence-electron chi connectivity index (χ4n) is 0.462. The molecule has 0 spiro atoms. The van der Waals surface area contributed by atoms with Crippen LogP contribution in [0.1, 0.15) is 19.8 Å². The largest absolute Gasteiger partial charge is 0.410 e. The quantitative estimate of drug-likeness (QED) is 0.171. The first-order valence-corrected chi connectivity index (χ1v) is 4.28. The molecule has 10 heavy (non-hydrogen) atoms. The Labute approximate surface area is 66.0 Å². The Hall–Kier alpha value is -0.440. The van der Waals surface area contributed by atoms with Gasteiger partial charge in [-0.3, -0.25) is 0 Å². The molecule has 0 heterocycles. The van der Waals surface area contributed by atoms with E-state index in [-0.39, 0.29) is 0 Å². The summed E-state index contributed by atoms with van der Waals surface area (Å²) >= 11 is 1.57. The van der Waals surface area contributed by atoms with Crippen LogP contribution in [0.15, 0.2) is 17.8 Å². The lowest BCUT2D eigenvalue weighted by atomic mass is 10.5. The fraction of sp³-hybridized carbons (Fsp3) is 0.571. The van der Waals surface area contributed by atoms with Crippen molar-refractivity contribution < 1.29 is 5.21 Å². The fourth-order valence-corrected chi connectivity index (χ4v) is 1.24. The average Bonchev–Trinajstić information content (AvgIpc) is 1.99. The van der Waals surface area contributed by atoms with Gasteiger partial charge >= 0.3 is 0 Å². The second-order valence-corrected chi connectivity index (χ2v) is 2.94. The van der Waals surface area contributed by atoms with Crippen LogP contribution in [0.5, 0.6) is 0 Å². The Kier molecular flexibility index (Phi) is 6.38. The molecule has 0 atom stereocenters. The Balaban J connectivity index is 3.36. The number of rotatable bonds is 4. The third-order valence-corrected chi connectivity index (χ3v) is 2.15. The van der Waals surface area contributed by atoms with E-state index in [0.29, 0.717) is 0 Å². The molecular weight excluding hydrogens is 146 g/mol. The topological polar surface area (TPSA) is 32.6 Å². The maximum absolute atomic E-state index is 8.37. The Morgan fingerprint density at radius 2 is 2.50 bits per heavy atom. The smallest absolute Gasteiger partial charge is 0.112 e. The molecule has 0 unspecified atom stereocenters. The monoisotopic (exact) mass is 159 g/mol. The molecule has 1 N–H and O–H groups in total. The minimum Gasteiger partial charge on any atom is -0.410 e. The van der Waals surface area contributed by atoms with Crippen LogP contribution in [-0.2, 0) is 0 Å². The highest BCUT2D eigenvalue weighted by Crippen LogP contribution is 2.08. The van der Waals surface area contributed by atoms with Gasteiger partial charge in [0, 0.05) is 5.75 Å². The maximum atomic E-state index is 8.37. The van der Waals surface area contributed by atoms with Gasteiger partial charge in [-0.05, 0) is 12.8 Å². The third kappa shape index (κ3) is 4.44. The Morgan fingerprint density at radius 1 is 1.80 bits per heavy atom. The summed E-state index contributed by atoms with van der Waals surface area (Å²) in [7, 11) is 0. The molecule has 0 radical (unpaired) electrons. The minimum atomic E-state index is 0.793. The van der Waals surface area contributed by atoms with E-state index in [1.165, 1.54) is 0 Å². The summed E-state index contributed by atoms with van der Waals surface area (Å²) in [5, 5.41) is 12.3. The standard InChI is InChI=1S/C7H13NOS/c1-3-5-6-10-7(4-2)8-9/h3,9H,1,4-6H2,2H3. The highest BCUT2D eigenvalue weighted by atomic mass is 32.2. The molecule has 0 aromatic rings. The van der Waals surface area contributed by atoms with E-state index in [9.17, 15) is 0 Å². The van der Waals surface area contributed by atoms with E-state index in [1.54, 1.807) is 11.8 Å². The van der Waals surface area contributed by atoms with Crippen LogP contribution in [0.25, 0.3) is 0 Å². The van der Waals surface area contributed by atoms with Gasteiger partial charge in [0.2, 0.25) is 0 Å². The van der Waals surface area contributed by atoms with E-state index in [2.05, 4.69) is 11.7 Å². The van der Waals surface area contributed by atoms with E-state index in [0.717, 1.165) is 23.6 Å². The SMILES string of the molecule is C=CCCSC(CC)=NO. The molecule has 2 nitrogen and oxygen atoms in total. The van der Waals surface area contributed by atoms with Crippen molar-refractivity contribution in [1.82, 2.24) is 0 Å². The van der Waals surface area contributed by atoms with Crippen molar-refractivity contribution in [3.8, 4) is 0 Å². The summed E-state index contributed by atoms with van der Waals surface area (Å²) in [6.45, 7) is 5.56. The maximum Gasteiger partial charge on any atom is 0.112 e. The van der Waals surface area contributed by atoms with Gasteiger partial charge in [0.05, 0.1) is 0 Å². The van der Waals surface area contributed by atoms with Crippen molar-refractivity contribution >= 4 is 16.8 Å². The number of hydrogen-bond acceptors (Lipinski definition) is 3. The molecule has 0 aromatic carbocycles. The summed E-state index contributed by atoms with van der Waals surface area (Å²) in [4.78, 5) is 0. The number of oxime groups is 1. The summed E-state index contributed by atoms with van der Waals surface area (Å²) < 4.78 is 0. The average molecular weight is 159 g/mol. The van der Waals surface area contributed by atoms with Crippen molar-refractivity contribution in [3.63, 3.8) is 0 Å². The zero-order valence-corrected chi connectivity index (χ0v) is 7.02. The number of hydrogen-bond donors (Lipinski definition) is 1. The van der Waals surface area contributed by atoms with E-state index < -0.39 is 0 Å². The molecule has 58 valence electrons. The summed E-state index contributed by atoms with van der Waals surface area (Å²) in [6, 6.07) is 0. The second-order valence-electron chi connectivity index (χ2n) is 1.77. The molecule has 0 saturated carbocycles. The van der Waals surface area contributed by atoms with Crippen molar-refractivity contribution in [2.24, 2.45) is 5.16 Å². The van der Waals surface area contributed by atoms with Gasteiger partial charge in [-0.2, -0.15) is 0 Å². The molecule has 0 bridgehead atoms. The van der Waals surface area contributed by atoms with Gasteiger partial charge in [0.25, 0.3) is 0 Å². The lowest BCUT2D eigenvalue weighted by Crippen LogP contribution is -1.90. The first-order chi connectivity index (χ1) is 4.85. The van der Waals surface area contributed by atoms with E-state index in [4.69, 9.17) is 5.21 Å². The van der Waals surface area contributed by atoms with Gasteiger partial charge in [0.1, 0.15) is 5.04 Å². The van der Waals surface area contributed by atoms with Crippen LogP contribution in [0.3, 0.4) is 0 Å². The second kappa shape index (κ2) is 6.68. The summed E-state index contributed by atoms with van der Waals surface area (Å²) in [5.41, 5.74) is 0. The van der Waals surface area contributed by atoms with Crippen LogP contribution < -0.4 is 0 Å². The predicted molar refractivity (Wildman–Crippen MR) is 46.8 cm³/mol. The van der Waals surface area contributed by atoms with Crippen LogP contribution in [0.2, 0.25) is 0 Å². The van der Waals surface area contributed by atoms with Gasteiger partial charge in [-0.1, -0.05) is 18.2 Å². The molecular formula is C7H13NOS. The Bertz CT molecular complexity index is 123. The molecule has 0 aliphatic carbocycles. The summed E-state index contributed by atoms with van der Waals surface area (Å²) in [6.07, 6.45) is 3.62. The van der Waals surface area contributed by atoms with Gasteiger partial charge < -0.3 is 5.21 Å². The highest BCUT2D eigenvalue weighted by molar-refractivity contribution is 8.13. The number of allylic oxidation sites excluding steroid dienone is 1. The molecule has 0 amide bonds. The summed E-state index contributed by atoms with van der Waals surface area (Å²) in [5.74, 6) is 0.955. The zero-order valence-electron chi connectivity index (χ0n) is 6.21. The van der Waals surface area contributed by atoms with Gasteiger partial charge in [-0.15, -0.1) is 18.3 Å². The van der Waals surface area contributed by atoms with E-state index in [1.807, 2.05) is 13.0 Å². The van der Waals surface area contributed by atoms with Gasteiger partial charge in [0.15, 0.2) is 0 Å². The highest BCUT2D eigenvalue weighted by Gasteiger charge is 1.94. The number of nitrogens with zero attached hydrogens (tertiary/aromatic N) is 1. The van der Waals surface area contributed by atoms with Crippen LogP contribution in [0.4, 0.5) is 0 Å². The van der Waals surface area contributed by atoms with Crippen LogP contribution in [-0.4, -0.2) is 16.0 Å². The molecule has 0 aliphatic rings. The number of thioether (sulfide) groups is 1. The third-order valence-electron chi connectivity index (χ3n) is 1.00. The molecule has 0 aromatic heterocycles. The van der Waals surface area contributed by atoms with Crippen LogP contribution in [0, 0.1) is 0 Å². The van der Waals surface area contributed by atoms with Gasteiger partial charge in [-0.25, -0.2) is 0 Å². The lowest BCUT2D eigenvalue weighted by molar-refractivity contribution is 0.319. The normalized spacial score (nSPS) is 11.5. The molecule has 3 heteroatoms.